The van der Waals surface area contributed by atoms with Gasteiger partial charge in [0.2, 0.25) is 0 Å². The minimum Gasteiger partial charge on any atom is -0.480 e. The molecule has 0 radical (unpaired) electrons. The largest absolute Gasteiger partial charge is 0.480 e. The minimum atomic E-state index is -0.970. The average molecular weight is 298 g/mol. The Morgan fingerprint density at radius 1 is 1.36 bits per heavy atom. The number of rotatable bonds is 5. The van der Waals surface area contributed by atoms with E-state index in [1.165, 1.54) is 4.68 Å². The van der Waals surface area contributed by atoms with Crippen molar-refractivity contribution in [1.29, 1.82) is 0 Å². The molecule has 112 valence electrons. The lowest BCUT2D eigenvalue weighted by Gasteiger charge is -2.05. The third kappa shape index (κ3) is 2.37. The summed E-state index contributed by atoms with van der Waals surface area (Å²) in [6.07, 6.45) is 2.46. The van der Waals surface area contributed by atoms with Gasteiger partial charge >= 0.3 is 5.97 Å². The van der Waals surface area contributed by atoms with E-state index in [9.17, 15) is 9.59 Å². The maximum atomic E-state index is 11.3. The SMILES string of the molecule is Cc1c(C=O)c2ccccc2n1Cc1cn(CC(=O)O)nn1. The van der Waals surface area contributed by atoms with E-state index in [0.29, 0.717) is 17.8 Å². The number of carboxylic acids is 1. The minimum absolute atomic E-state index is 0.224. The van der Waals surface area contributed by atoms with Gasteiger partial charge in [0.25, 0.3) is 0 Å². The summed E-state index contributed by atoms with van der Waals surface area (Å²) in [5.41, 5.74) is 3.09. The zero-order valence-corrected chi connectivity index (χ0v) is 11.9. The first kappa shape index (κ1) is 14.0. The zero-order valence-electron chi connectivity index (χ0n) is 11.9. The molecule has 0 saturated heterocycles. The van der Waals surface area contributed by atoms with E-state index in [4.69, 9.17) is 5.11 Å². The van der Waals surface area contributed by atoms with E-state index in [-0.39, 0.29) is 6.54 Å². The summed E-state index contributed by atoms with van der Waals surface area (Å²) in [6.45, 7) is 2.09. The third-order valence-corrected chi connectivity index (χ3v) is 3.60. The van der Waals surface area contributed by atoms with Crippen LogP contribution in [0.1, 0.15) is 21.7 Å². The number of fused-ring (bicyclic) bond motifs is 1. The molecule has 3 aromatic rings. The Hall–Kier alpha value is -2.96. The summed E-state index contributed by atoms with van der Waals surface area (Å²) in [5.74, 6) is -0.970. The monoisotopic (exact) mass is 298 g/mol. The summed E-state index contributed by atoms with van der Waals surface area (Å²) >= 11 is 0. The van der Waals surface area contributed by atoms with Crippen molar-refractivity contribution in [2.24, 2.45) is 0 Å². The Morgan fingerprint density at radius 2 is 2.14 bits per heavy atom. The molecule has 3 rings (SSSR count). The van der Waals surface area contributed by atoms with Gasteiger partial charge < -0.3 is 9.67 Å². The van der Waals surface area contributed by atoms with Gasteiger partial charge in [-0.1, -0.05) is 23.4 Å². The van der Waals surface area contributed by atoms with E-state index < -0.39 is 5.97 Å². The van der Waals surface area contributed by atoms with Crippen LogP contribution in [-0.2, 0) is 17.9 Å². The molecule has 0 bridgehead atoms. The summed E-state index contributed by atoms with van der Waals surface area (Å²) in [6, 6.07) is 7.65. The molecule has 0 fully saturated rings. The van der Waals surface area contributed by atoms with Crippen LogP contribution in [0.3, 0.4) is 0 Å². The van der Waals surface area contributed by atoms with Crippen molar-refractivity contribution in [1.82, 2.24) is 19.6 Å². The number of aliphatic carboxylic acids is 1. The second-order valence-electron chi connectivity index (χ2n) is 5.02. The number of nitrogens with zero attached hydrogens (tertiary/aromatic N) is 4. The lowest BCUT2D eigenvalue weighted by molar-refractivity contribution is -0.137. The molecule has 1 N–H and O–H groups in total. The molecular weight excluding hydrogens is 284 g/mol. The predicted octanol–water partition coefficient (Wildman–Crippen LogP) is 1.49. The molecule has 1 aromatic carbocycles. The summed E-state index contributed by atoms with van der Waals surface area (Å²) in [5, 5.41) is 17.4. The van der Waals surface area contributed by atoms with E-state index >= 15 is 0 Å². The Bertz CT molecular complexity index is 863. The van der Waals surface area contributed by atoms with Crippen molar-refractivity contribution in [3.63, 3.8) is 0 Å². The molecule has 2 aromatic heterocycles. The topological polar surface area (TPSA) is 90.0 Å². The molecule has 0 atom stereocenters. The highest BCUT2D eigenvalue weighted by atomic mass is 16.4. The first-order valence-electron chi connectivity index (χ1n) is 6.74. The van der Waals surface area contributed by atoms with Gasteiger partial charge in [-0.2, -0.15) is 0 Å². The van der Waals surface area contributed by atoms with Crippen LogP contribution in [0.5, 0.6) is 0 Å². The number of aromatic nitrogens is 4. The fraction of sp³-hybridized carbons (Fsp3) is 0.200. The Labute approximate surface area is 125 Å². The van der Waals surface area contributed by atoms with Crippen LogP contribution in [-0.4, -0.2) is 36.9 Å². The van der Waals surface area contributed by atoms with Crippen LogP contribution in [0.4, 0.5) is 0 Å². The van der Waals surface area contributed by atoms with Crippen molar-refractivity contribution in [2.75, 3.05) is 0 Å². The number of aldehydes is 1. The fourth-order valence-electron chi connectivity index (χ4n) is 2.60. The molecule has 2 heterocycles. The number of hydrogen-bond donors (Lipinski definition) is 1. The van der Waals surface area contributed by atoms with Crippen LogP contribution < -0.4 is 0 Å². The summed E-state index contributed by atoms with van der Waals surface area (Å²) < 4.78 is 3.26. The molecule has 0 aliphatic carbocycles. The van der Waals surface area contributed by atoms with Crippen LogP contribution in [0.25, 0.3) is 10.9 Å². The lowest BCUT2D eigenvalue weighted by Crippen LogP contribution is -2.09. The highest BCUT2D eigenvalue weighted by Gasteiger charge is 2.14. The summed E-state index contributed by atoms with van der Waals surface area (Å²) in [7, 11) is 0. The van der Waals surface area contributed by atoms with Gasteiger partial charge in [-0.3, -0.25) is 9.59 Å². The van der Waals surface area contributed by atoms with Crippen molar-refractivity contribution in [2.45, 2.75) is 20.0 Å². The Kier molecular flexibility index (Phi) is 3.46. The van der Waals surface area contributed by atoms with Crippen molar-refractivity contribution < 1.29 is 14.7 Å². The van der Waals surface area contributed by atoms with Crippen LogP contribution in [0, 0.1) is 6.92 Å². The molecule has 7 heteroatoms. The molecule has 0 saturated carbocycles. The molecular formula is C15H14N4O3. The lowest BCUT2D eigenvalue weighted by atomic mass is 10.1. The molecule has 7 nitrogen and oxygen atoms in total. The molecule has 0 aliphatic rings. The van der Waals surface area contributed by atoms with Gasteiger partial charge in [-0.15, -0.1) is 5.10 Å². The van der Waals surface area contributed by atoms with Gasteiger partial charge in [-0.25, -0.2) is 4.68 Å². The van der Waals surface area contributed by atoms with Crippen molar-refractivity contribution in [3.05, 3.63) is 47.4 Å². The summed E-state index contributed by atoms with van der Waals surface area (Å²) in [4.78, 5) is 22.0. The van der Waals surface area contributed by atoms with Crippen LogP contribution in [0.15, 0.2) is 30.5 Å². The van der Waals surface area contributed by atoms with Gasteiger partial charge in [0.05, 0.1) is 12.7 Å². The maximum Gasteiger partial charge on any atom is 0.325 e. The predicted molar refractivity (Wildman–Crippen MR) is 78.8 cm³/mol. The first-order valence-corrected chi connectivity index (χ1v) is 6.74. The highest BCUT2D eigenvalue weighted by Crippen LogP contribution is 2.25. The normalized spacial score (nSPS) is 11.0. The van der Waals surface area contributed by atoms with Gasteiger partial charge in [0.15, 0.2) is 6.29 Å². The molecule has 0 spiro atoms. The van der Waals surface area contributed by atoms with Gasteiger partial charge in [0.1, 0.15) is 12.2 Å². The second kappa shape index (κ2) is 5.44. The number of carboxylic acid groups (broad SMARTS) is 1. The molecule has 22 heavy (non-hydrogen) atoms. The van der Waals surface area contributed by atoms with E-state index in [1.807, 2.05) is 35.8 Å². The number of para-hydroxylation sites is 1. The van der Waals surface area contributed by atoms with Gasteiger partial charge in [-0.05, 0) is 13.0 Å². The van der Waals surface area contributed by atoms with Crippen LogP contribution >= 0.6 is 0 Å². The van der Waals surface area contributed by atoms with Crippen LogP contribution in [0.2, 0.25) is 0 Å². The molecule has 0 amide bonds. The Morgan fingerprint density at radius 3 is 2.86 bits per heavy atom. The van der Waals surface area contributed by atoms with Crippen molar-refractivity contribution >= 4 is 23.2 Å². The maximum absolute atomic E-state index is 11.3. The standard InChI is InChI=1S/C15H14N4O3/c1-10-13(9-20)12-4-2-3-5-14(12)19(10)7-11-6-18(17-16-11)8-15(21)22/h2-6,9H,7-8H2,1H3,(H,21,22). The highest BCUT2D eigenvalue weighted by molar-refractivity contribution is 5.99. The van der Waals surface area contributed by atoms with Crippen molar-refractivity contribution in [3.8, 4) is 0 Å². The first-order chi connectivity index (χ1) is 10.6. The zero-order chi connectivity index (χ0) is 15.7. The smallest absolute Gasteiger partial charge is 0.325 e. The molecule has 0 aliphatic heterocycles. The quantitative estimate of drug-likeness (QED) is 0.721. The number of benzene rings is 1. The van der Waals surface area contributed by atoms with E-state index in [1.54, 1.807) is 6.20 Å². The number of carbonyl (C=O) groups is 2. The van der Waals surface area contributed by atoms with E-state index in [0.717, 1.165) is 22.9 Å². The van der Waals surface area contributed by atoms with E-state index in [2.05, 4.69) is 10.3 Å². The molecule has 0 unspecified atom stereocenters. The Balaban J connectivity index is 2.00. The number of carbonyl (C=O) groups excluding carboxylic acids is 1. The third-order valence-electron chi connectivity index (χ3n) is 3.60. The second-order valence-corrected chi connectivity index (χ2v) is 5.02. The number of hydrogen-bond acceptors (Lipinski definition) is 4. The fourth-order valence-corrected chi connectivity index (χ4v) is 2.60. The van der Waals surface area contributed by atoms with Gasteiger partial charge in [0, 0.05) is 22.2 Å². The average Bonchev–Trinajstić information content (AvgIpc) is 3.02.